The lowest BCUT2D eigenvalue weighted by Crippen LogP contribution is -2.40. The van der Waals surface area contributed by atoms with Crippen LogP contribution in [0.15, 0.2) is 23.1 Å². The molecule has 1 heterocycles. The smallest absolute Gasteiger partial charge is 0.187 e. The van der Waals surface area contributed by atoms with E-state index in [-0.39, 0.29) is 23.1 Å². The Bertz CT molecular complexity index is 558. The number of nitrogens with zero attached hydrogens (tertiary/aromatic N) is 1. The molecule has 1 aromatic carbocycles. The van der Waals surface area contributed by atoms with E-state index in [2.05, 4.69) is 0 Å². The van der Waals surface area contributed by atoms with Crippen molar-refractivity contribution in [3.63, 3.8) is 0 Å². The molecule has 1 aromatic rings. The van der Waals surface area contributed by atoms with Crippen molar-refractivity contribution in [2.24, 2.45) is 0 Å². The second-order valence-electron chi connectivity index (χ2n) is 3.46. The van der Waals surface area contributed by atoms with Gasteiger partial charge < -0.3 is 4.74 Å². The van der Waals surface area contributed by atoms with E-state index in [1.807, 2.05) is 6.07 Å². The van der Waals surface area contributed by atoms with E-state index in [4.69, 9.17) is 21.6 Å². The average molecular weight is 258 g/mol. The molecule has 1 aliphatic rings. The van der Waals surface area contributed by atoms with Crippen molar-refractivity contribution >= 4 is 21.4 Å². The summed E-state index contributed by atoms with van der Waals surface area (Å²) in [6.45, 7) is 0.414. The largest absolute Gasteiger partial charge is 0.379 e. The van der Waals surface area contributed by atoms with Crippen LogP contribution in [-0.2, 0) is 14.6 Å². The lowest BCUT2D eigenvalue weighted by atomic mass is 10.2. The van der Waals surface area contributed by atoms with Crippen LogP contribution in [0, 0.1) is 11.3 Å². The van der Waals surface area contributed by atoms with E-state index in [0.29, 0.717) is 5.56 Å². The fraction of sp³-hybridized carbons (Fsp3) is 0.300. The quantitative estimate of drug-likeness (QED) is 0.803. The fourth-order valence-corrected chi connectivity index (χ4v) is 3.38. The molecule has 0 aromatic heterocycles. The molecule has 16 heavy (non-hydrogen) atoms. The topological polar surface area (TPSA) is 67.2 Å². The van der Waals surface area contributed by atoms with Gasteiger partial charge in [0.25, 0.3) is 0 Å². The maximum absolute atomic E-state index is 12.0. The Morgan fingerprint density at radius 3 is 2.56 bits per heavy atom. The minimum absolute atomic E-state index is 0.0708. The molecule has 1 aliphatic heterocycles. The number of rotatable bonds is 2. The third-order valence-electron chi connectivity index (χ3n) is 2.41. The second kappa shape index (κ2) is 4.06. The summed E-state index contributed by atoms with van der Waals surface area (Å²) in [6.07, 6.45) is 0. The van der Waals surface area contributed by atoms with Gasteiger partial charge in [0.15, 0.2) is 9.84 Å². The first-order chi connectivity index (χ1) is 7.55. The minimum atomic E-state index is -3.42. The first-order valence-corrected chi connectivity index (χ1v) is 6.49. The second-order valence-corrected chi connectivity index (χ2v) is 6.07. The van der Waals surface area contributed by atoms with E-state index in [9.17, 15) is 8.42 Å². The molecule has 0 unspecified atom stereocenters. The maximum atomic E-state index is 12.0. The molecule has 84 valence electrons. The van der Waals surface area contributed by atoms with Crippen molar-refractivity contribution in [3.8, 4) is 6.07 Å². The van der Waals surface area contributed by atoms with E-state index >= 15 is 0 Å². The van der Waals surface area contributed by atoms with Crippen LogP contribution in [0.2, 0.25) is 5.02 Å². The van der Waals surface area contributed by atoms with Crippen LogP contribution in [0.5, 0.6) is 0 Å². The SMILES string of the molecule is N#Cc1ccc(S(=O)(=O)C2COC2)c(Cl)c1. The predicted octanol–water partition coefficient (Wildman–Crippen LogP) is 1.38. The summed E-state index contributed by atoms with van der Waals surface area (Å²) in [7, 11) is -3.42. The van der Waals surface area contributed by atoms with E-state index < -0.39 is 15.1 Å². The Labute approximate surface area is 98.3 Å². The molecule has 0 amide bonds. The third kappa shape index (κ3) is 1.80. The Morgan fingerprint density at radius 2 is 2.12 bits per heavy atom. The lowest BCUT2D eigenvalue weighted by Gasteiger charge is -2.26. The molecule has 6 heteroatoms. The van der Waals surface area contributed by atoms with Crippen LogP contribution < -0.4 is 0 Å². The van der Waals surface area contributed by atoms with Gasteiger partial charge in [-0.3, -0.25) is 0 Å². The van der Waals surface area contributed by atoms with Crippen molar-refractivity contribution in [3.05, 3.63) is 28.8 Å². The number of hydrogen-bond donors (Lipinski definition) is 0. The molecule has 0 atom stereocenters. The normalized spacial score (nSPS) is 16.5. The number of halogens is 1. The number of hydrogen-bond acceptors (Lipinski definition) is 4. The minimum Gasteiger partial charge on any atom is -0.379 e. The van der Waals surface area contributed by atoms with Crippen LogP contribution in [0.1, 0.15) is 5.56 Å². The van der Waals surface area contributed by atoms with Crippen molar-refractivity contribution in [1.82, 2.24) is 0 Å². The van der Waals surface area contributed by atoms with Gasteiger partial charge in [0.1, 0.15) is 5.25 Å². The molecule has 0 spiro atoms. The number of ether oxygens (including phenoxy) is 1. The zero-order valence-corrected chi connectivity index (χ0v) is 9.75. The number of sulfone groups is 1. The first-order valence-electron chi connectivity index (χ1n) is 4.57. The summed E-state index contributed by atoms with van der Waals surface area (Å²) in [4.78, 5) is 0.0708. The first kappa shape index (κ1) is 11.4. The molecule has 0 aliphatic carbocycles. The van der Waals surface area contributed by atoms with Crippen LogP contribution >= 0.6 is 11.6 Å². The van der Waals surface area contributed by atoms with Crippen molar-refractivity contribution < 1.29 is 13.2 Å². The standard InChI is InChI=1S/C10H8ClNO3S/c11-9-3-7(4-12)1-2-10(9)16(13,14)8-5-15-6-8/h1-3,8H,5-6H2. The Kier molecular flexibility index (Phi) is 2.89. The van der Waals surface area contributed by atoms with Crippen molar-refractivity contribution in [2.75, 3.05) is 13.2 Å². The van der Waals surface area contributed by atoms with Gasteiger partial charge >= 0.3 is 0 Å². The molecule has 0 N–H and O–H groups in total. The summed E-state index contributed by atoms with van der Waals surface area (Å²) in [5, 5.41) is 8.22. The van der Waals surface area contributed by atoms with Gasteiger partial charge in [-0.15, -0.1) is 0 Å². The molecule has 0 saturated carbocycles. The summed E-state index contributed by atoms with van der Waals surface area (Å²) in [5.74, 6) is 0. The highest BCUT2D eigenvalue weighted by Gasteiger charge is 2.35. The maximum Gasteiger partial charge on any atom is 0.187 e. The zero-order valence-electron chi connectivity index (χ0n) is 8.18. The molecule has 1 fully saturated rings. The van der Waals surface area contributed by atoms with E-state index in [1.54, 1.807) is 0 Å². The molecule has 0 bridgehead atoms. The molecule has 2 rings (SSSR count). The van der Waals surface area contributed by atoms with Gasteiger partial charge in [0.05, 0.1) is 34.8 Å². The average Bonchev–Trinajstić information content (AvgIpc) is 2.13. The Hall–Kier alpha value is -1.09. The van der Waals surface area contributed by atoms with Gasteiger partial charge in [-0.2, -0.15) is 5.26 Å². The Morgan fingerprint density at radius 1 is 1.44 bits per heavy atom. The monoisotopic (exact) mass is 257 g/mol. The van der Waals surface area contributed by atoms with Crippen molar-refractivity contribution in [1.29, 1.82) is 5.26 Å². The van der Waals surface area contributed by atoms with Crippen LogP contribution in [0.4, 0.5) is 0 Å². The zero-order chi connectivity index (χ0) is 11.8. The number of benzene rings is 1. The van der Waals surface area contributed by atoms with Gasteiger partial charge in [-0.05, 0) is 18.2 Å². The predicted molar refractivity (Wildman–Crippen MR) is 58.0 cm³/mol. The molecule has 1 saturated heterocycles. The van der Waals surface area contributed by atoms with Crippen LogP contribution in [0.25, 0.3) is 0 Å². The van der Waals surface area contributed by atoms with Gasteiger partial charge in [-0.1, -0.05) is 11.6 Å². The Balaban J connectivity index is 2.45. The summed E-state index contributed by atoms with van der Waals surface area (Å²) < 4.78 is 28.8. The van der Waals surface area contributed by atoms with E-state index in [1.165, 1.54) is 18.2 Å². The highest BCUT2D eigenvalue weighted by Crippen LogP contribution is 2.28. The van der Waals surface area contributed by atoms with Gasteiger partial charge in [0, 0.05) is 0 Å². The van der Waals surface area contributed by atoms with Crippen molar-refractivity contribution in [2.45, 2.75) is 10.1 Å². The summed E-state index contributed by atoms with van der Waals surface area (Å²) in [6, 6.07) is 6.07. The summed E-state index contributed by atoms with van der Waals surface area (Å²) in [5.41, 5.74) is 0.341. The lowest BCUT2D eigenvalue weighted by molar-refractivity contribution is 0.0416. The molecule has 4 nitrogen and oxygen atoms in total. The molecular formula is C10H8ClNO3S. The highest BCUT2D eigenvalue weighted by atomic mass is 35.5. The van der Waals surface area contributed by atoms with E-state index in [0.717, 1.165) is 0 Å². The van der Waals surface area contributed by atoms with Crippen LogP contribution in [-0.4, -0.2) is 26.9 Å². The van der Waals surface area contributed by atoms with Gasteiger partial charge in [0.2, 0.25) is 0 Å². The van der Waals surface area contributed by atoms with Gasteiger partial charge in [-0.25, -0.2) is 8.42 Å². The van der Waals surface area contributed by atoms with Crippen LogP contribution in [0.3, 0.4) is 0 Å². The highest BCUT2D eigenvalue weighted by molar-refractivity contribution is 7.92. The third-order valence-corrected chi connectivity index (χ3v) is 4.96. The number of nitriles is 1. The fourth-order valence-electron chi connectivity index (χ4n) is 1.37. The molecular weight excluding hydrogens is 250 g/mol. The molecule has 0 radical (unpaired) electrons. The summed E-state index contributed by atoms with van der Waals surface area (Å²) >= 11 is 5.85.